The maximum Gasteiger partial charge on any atom is 0.221 e. The van der Waals surface area contributed by atoms with Gasteiger partial charge in [0.2, 0.25) is 5.91 Å². The molecular weight excluding hydrogens is 200 g/mol. The Hall–Kier alpha value is -0.570. The lowest BCUT2D eigenvalue weighted by atomic mass is 9.80. The van der Waals surface area contributed by atoms with Gasteiger partial charge in [-0.05, 0) is 46.5 Å². The average molecular weight is 226 g/mol. The molecule has 1 atom stereocenters. The molecule has 94 valence electrons. The van der Waals surface area contributed by atoms with Crippen molar-refractivity contribution in [3.63, 3.8) is 0 Å². The zero-order chi connectivity index (χ0) is 12.2. The van der Waals surface area contributed by atoms with Gasteiger partial charge in [0.15, 0.2) is 0 Å². The van der Waals surface area contributed by atoms with Crippen molar-refractivity contribution in [3.8, 4) is 0 Å². The van der Waals surface area contributed by atoms with Crippen LogP contribution in [-0.2, 0) is 4.79 Å². The molecule has 3 nitrogen and oxygen atoms in total. The van der Waals surface area contributed by atoms with Crippen molar-refractivity contribution in [2.75, 3.05) is 6.54 Å². The molecule has 1 fully saturated rings. The molecule has 1 aliphatic carbocycles. The summed E-state index contributed by atoms with van der Waals surface area (Å²) in [5.74, 6) is 0.899. The van der Waals surface area contributed by atoms with Crippen molar-refractivity contribution in [2.24, 2.45) is 5.92 Å². The van der Waals surface area contributed by atoms with E-state index >= 15 is 0 Å². The number of nitrogens with one attached hydrogen (secondary N) is 2. The van der Waals surface area contributed by atoms with E-state index in [0.29, 0.717) is 12.5 Å². The van der Waals surface area contributed by atoms with Crippen molar-refractivity contribution in [2.45, 2.75) is 65.0 Å². The van der Waals surface area contributed by atoms with E-state index in [9.17, 15) is 4.79 Å². The molecule has 0 heterocycles. The number of hydrogen-bond donors (Lipinski definition) is 2. The summed E-state index contributed by atoms with van der Waals surface area (Å²) in [5, 5.41) is 6.41. The monoisotopic (exact) mass is 226 g/mol. The summed E-state index contributed by atoms with van der Waals surface area (Å²) in [6.45, 7) is 9.22. The molecule has 1 rings (SSSR count). The quantitative estimate of drug-likeness (QED) is 0.753. The van der Waals surface area contributed by atoms with E-state index in [1.807, 2.05) is 0 Å². The third-order valence-corrected chi connectivity index (χ3v) is 3.25. The lowest BCUT2D eigenvalue weighted by Crippen LogP contribution is -2.43. The fourth-order valence-corrected chi connectivity index (χ4v) is 1.93. The summed E-state index contributed by atoms with van der Waals surface area (Å²) in [7, 11) is 0. The second kappa shape index (κ2) is 5.67. The molecule has 0 spiro atoms. The average Bonchev–Trinajstić information content (AvgIpc) is 1.96. The third-order valence-electron chi connectivity index (χ3n) is 3.25. The fourth-order valence-electron chi connectivity index (χ4n) is 1.93. The predicted molar refractivity (Wildman–Crippen MR) is 67.3 cm³/mol. The highest BCUT2D eigenvalue weighted by atomic mass is 16.1. The molecule has 1 amide bonds. The molecule has 1 unspecified atom stereocenters. The molecule has 1 saturated carbocycles. The van der Waals surface area contributed by atoms with Gasteiger partial charge in [0, 0.05) is 24.5 Å². The van der Waals surface area contributed by atoms with E-state index in [-0.39, 0.29) is 11.4 Å². The van der Waals surface area contributed by atoms with Crippen LogP contribution in [0.15, 0.2) is 0 Å². The lowest BCUT2D eigenvalue weighted by Gasteiger charge is -2.32. The van der Waals surface area contributed by atoms with Gasteiger partial charge in [-0.25, -0.2) is 0 Å². The van der Waals surface area contributed by atoms with Gasteiger partial charge in [0.05, 0.1) is 0 Å². The Bertz CT molecular complexity index is 229. The molecule has 0 aromatic carbocycles. The molecule has 0 aliphatic heterocycles. The van der Waals surface area contributed by atoms with Crippen molar-refractivity contribution in [3.05, 3.63) is 0 Å². The van der Waals surface area contributed by atoms with Gasteiger partial charge in [0.25, 0.3) is 0 Å². The summed E-state index contributed by atoms with van der Waals surface area (Å²) >= 11 is 0. The second-order valence-electron chi connectivity index (χ2n) is 5.97. The van der Waals surface area contributed by atoms with Gasteiger partial charge in [-0.15, -0.1) is 0 Å². The zero-order valence-corrected chi connectivity index (χ0v) is 11.1. The van der Waals surface area contributed by atoms with Crippen LogP contribution in [0.4, 0.5) is 0 Å². The van der Waals surface area contributed by atoms with Gasteiger partial charge in [-0.2, -0.15) is 0 Å². The summed E-state index contributed by atoms with van der Waals surface area (Å²) < 4.78 is 0. The minimum absolute atomic E-state index is 0.0971. The normalized spacial score (nSPS) is 19.0. The Balaban J connectivity index is 2.10. The topological polar surface area (TPSA) is 41.1 Å². The Labute approximate surface area is 99.4 Å². The van der Waals surface area contributed by atoms with Crippen LogP contribution in [0.1, 0.15) is 53.4 Å². The first-order chi connectivity index (χ1) is 7.38. The maximum atomic E-state index is 11.6. The van der Waals surface area contributed by atoms with Crippen LogP contribution in [0.3, 0.4) is 0 Å². The lowest BCUT2D eigenvalue weighted by molar-refractivity contribution is -0.122. The van der Waals surface area contributed by atoms with Crippen LogP contribution in [-0.4, -0.2) is 24.0 Å². The van der Waals surface area contributed by atoms with Crippen LogP contribution >= 0.6 is 0 Å². The van der Waals surface area contributed by atoms with Crippen molar-refractivity contribution < 1.29 is 4.79 Å². The Morgan fingerprint density at radius 3 is 2.44 bits per heavy atom. The van der Waals surface area contributed by atoms with Crippen LogP contribution in [0.2, 0.25) is 0 Å². The standard InChI is InChI=1S/C13H26N2O/c1-10(11-6-5-7-11)15-12(16)8-9-14-13(2,3)4/h10-11,14H,5-9H2,1-4H3,(H,15,16). The zero-order valence-electron chi connectivity index (χ0n) is 11.1. The molecule has 1 aliphatic rings. The molecular formula is C13H26N2O. The van der Waals surface area contributed by atoms with Crippen LogP contribution in [0, 0.1) is 5.92 Å². The second-order valence-corrected chi connectivity index (χ2v) is 5.97. The van der Waals surface area contributed by atoms with Gasteiger partial charge in [-0.3, -0.25) is 4.79 Å². The highest BCUT2D eigenvalue weighted by Gasteiger charge is 2.24. The first kappa shape index (κ1) is 13.5. The Morgan fingerprint density at radius 2 is 2.00 bits per heavy atom. The minimum Gasteiger partial charge on any atom is -0.353 e. The summed E-state index contributed by atoms with van der Waals surface area (Å²) in [6.07, 6.45) is 4.47. The van der Waals surface area contributed by atoms with E-state index in [1.54, 1.807) is 0 Å². The third kappa shape index (κ3) is 4.97. The number of amides is 1. The smallest absolute Gasteiger partial charge is 0.221 e. The molecule has 0 aromatic heterocycles. The summed E-state index contributed by atoms with van der Waals surface area (Å²) in [5.41, 5.74) is 0.0971. The highest BCUT2D eigenvalue weighted by molar-refractivity contribution is 5.76. The predicted octanol–water partition coefficient (Wildman–Crippen LogP) is 2.07. The molecule has 0 radical (unpaired) electrons. The van der Waals surface area contributed by atoms with Crippen molar-refractivity contribution in [1.29, 1.82) is 0 Å². The van der Waals surface area contributed by atoms with Gasteiger partial charge in [0.1, 0.15) is 0 Å². The molecule has 0 saturated heterocycles. The Morgan fingerprint density at radius 1 is 1.38 bits per heavy atom. The molecule has 16 heavy (non-hydrogen) atoms. The van der Waals surface area contributed by atoms with Gasteiger partial charge in [-0.1, -0.05) is 6.42 Å². The maximum absolute atomic E-state index is 11.6. The molecule has 0 aromatic rings. The van der Waals surface area contributed by atoms with Crippen LogP contribution in [0.25, 0.3) is 0 Å². The molecule has 0 bridgehead atoms. The minimum atomic E-state index is 0.0971. The van der Waals surface area contributed by atoms with E-state index in [0.717, 1.165) is 12.5 Å². The fraction of sp³-hybridized carbons (Fsp3) is 0.923. The number of carbonyl (C=O) groups excluding carboxylic acids is 1. The summed E-state index contributed by atoms with van der Waals surface area (Å²) in [6, 6.07) is 0.357. The summed E-state index contributed by atoms with van der Waals surface area (Å²) in [4.78, 5) is 11.6. The molecule has 3 heteroatoms. The van der Waals surface area contributed by atoms with Crippen molar-refractivity contribution >= 4 is 5.91 Å². The SMILES string of the molecule is CC(NC(=O)CCNC(C)(C)C)C1CCC1. The van der Waals surface area contributed by atoms with E-state index in [4.69, 9.17) is 0 Å². The first-order valence-corrected chi connectivity index (χ1v) is 6.43. The number of rotatable bonds is 5. The largest absolute Gasteiger partial charge is 0.353 e. The van der Waals surface area contributed by atoms with E-state index < -0.39 is 0 Å². The van der Waals surface area contributed by atoms with Crippen LogP contribution < -0.4 is 10.6 Å². The molecule has 2 N–H and O–H groups in total. The number of hydrogen-bond acceptors (Lipinski definition) is 2. The first-order valence-electron chi connectivity index (χ1n) is 6.43. The van der Waals surface area contributed by atoms with Crippen molar-refractivity contribution in [1.82, 2.24) is 10.6 Å². The van der Waals surface area contributed by atoms with Gasteiger partial charge >= 0.3 is 0 Å². The Kier molecular flexibility index (Phi) is 4.78. The van der Waals surface area contributed by atoms with Gasteiger partial charge < -0.3 is 10.6 Å². The van der Waals surface area contributed by atoms with Crippen LogP contribution in [0.5, 0.6) is 0 Å². The highest BCUT2D eigenvalue weighted by Crippen LogP contribution is 2.29. The van der Waals surface area contributed by atoms with E-state index in [2.05, 4.69) is 38.3 Å². The van der Waals surface area contributed by atoms with E-state index in [1.165, 1.54) is 19.3 Å². The number of carbonyl (C=O) groups is 1.